The molecule has 1 aromatic carbocycles. The predicted molar refractivity (Wildman–Crippen MR) is 112 cm³/mol. The quantitative estimate of drug-likeness (QED) is 0.711. The lowest BCUT2D eigenvalue weighted by Gasteiger charge is -2.39. The summed E-state index contributed by atoms with van der Waals surface area (Å²) in [7, 11) is 0. The van der Waals surface area contributed by atoms with Gasteiger partial charge in [0.2, 0.25) is 5.91 Å². The number of benzene rings is 1. The van der Waals surface area contributed by atoms with Crippen molar-refractivity contribution in [1.82, 2.24) is 15.0 Å². The summed E-state index contributed by atoms with van der Waals surface area (Å²) in [6, 6.07) is 11.8. The molecule has 0 spiro atoms. The van der Waals surface area contributed by atoms with E-state index in [1.165, 1.54) is 12.1 Å². The molecule has 2 aromatic heterocycles. The third kappa shape index (κ3) is 3.10. The fraction of sp³-hybridized carbons (Fsp3) is 0.304. The highest BCUT2D eigenvalue weighted by Crippen LogP contribution is 2.45. The lowest BCUT2D eigenvalue weighted by atomic mass is 9.65. The van der Waals surface area contributed by atoms with Crippen LogP contribution in [-0.2, 0) is 16.6 Å². The Bertz CT molecular complexity index is 1110. The van der Waals surface area contributed by atoms with Crippen LogP contribution in [0.15, 0.2) is 48.7 Å². The smallest absolute Gasteiger partial charge is 0.236 e. The van der Waals surface area contributed by atoms with Gasteiger partial charge in [-0.3, -0.25) is 9.78 Å². The molecule has 1 aliphatic carbocycles. The molecule has 3 heterocycles. The summed E-state index contributed by atoms with van der Waals surface area (Å²) in [4.78, 5) is 28.9. The van der Waals surface area contributed by atoms with Crippen LogP contribution in [0.3, 0.4) is 0 Å². The van der Waals surface area contributed by atoms with Crippen LogP contribution in [0.25, 0.3) is 0 Å². The maximum Gasteiger partial charge on any atom is 0.236 e. The Labute approximate surface area is 174 Å². The molecule has 1 aliphatic heterocycles. The zero-order valence-corrected chi connectivity index (χ0v) is 16.7. The lowest BCUT2D eigenvalue weighted by molar-refractivity contribution is -0.124. The van der Waals surface area contributed by atoms with E-state index in [1.807, 2.05) is 25.1 Å². The highest BCUT2D eigenvalue weighted by Gasteiger charge is 2.47. The molecule has 1 fully saturated rings. The van der Waals surface area contributed by atoms with Crippen LogP contribution < -0.4 is 10.2 Å². The van der Waals surface area contributed by atoms with Crippen LogP contribution in [0.2, 0.25) is 0 Å². The minimum atomic E-state index is -0.623. The Balaban J connectivity index is 1.42. The number of pyridine rings is 1. The Kier molecular flexibility index (Phi) is 4.46. The van der Waals surface area contributed by atoms with E-state index in [9.17, 15) is 9.18 Å². The van der Waals surface area contributed by atoms with Gasteiger partial charge < -0.3 is 10.2 Å². The summed E-state index contributed by atoms with van der Waals surface area (Å²) in [5, 5.41) is 2.95. The van der Waals surface area contributed by atoms with Gasteiger partial charge in [0.1, 0.15) is 17.5 Å². The summed E-state index contributed by atoms with van der Waals surface area (Å²) in [6.07, 6.45) is 5.09. The zero-order valence-electron chi connectivity index (χ0n) is 16.7. The van der Waals surface area contributed by atoms with Crippen molar-refractivity contribution in [3.05, 3.63) is 71.7 Å². The van der Waals surface area contributed by atoms with Crippen LogP contribution in [0, 0.1) is 12.7 Å². The molecule has 1 N–H and O–H groups in total. The molecule has 0 unspecified atom stereocenters. The molecule has 1 saturated carbocycles. The molecule has 0 bridgehead atoms. The number of nitrogens with zero attached hydrogens (tertiary/aromatic N) is 4. The number of carbonyl (C=O) groups excluding carboxylic acids is 1. The fourth-order valence-electron chi connectivity index (χ4n) is 4.27. The van der Waals surface area contributed by atoms with Crippen molar-refractivity contribution in [2.75, 3.05) is 16.8 Å². The van der Waals surface area contributed by atoms with Gasteiger partial charge >= 0.3 is 0 Å². The van der Waals surface area contributed by atoms with E-state index in [1.54, 1.807) is 18.3 Å². The third-order valence-electron chi connectivity index (χ3n) is 6.09. The van der Waals surface area contributed by atoms with Gasteiger partial charge in [-0.2, -0.15) is 0 Å². The minimum absolute atomic E-state index is 0.0749. The van der Waals surface area contributed by atoms with Gasteiger partial charge in [0.25, 0.3) is 0 Å². The summed E-state index contributed by atoms with van der Waals surface area (Å²) in [6.45, 7) is 2.68. The van der Waals surface area contributed by atoms with Gasteiger partial charge in [0.05, 0.1) is 22.5 Å². The van der Waals surface area contributed by atoms with Crippen molar-refractivity contribution in [3.63, 3.8) is 0 Å². The zero-order chi connectivity index (χ0) is 20.7. The Morgan fingerprint density at radius 1 is 1.10 bits per heavy atom. The van der Waals surface area contributed by atoms with Crippen molar-refractivity contribution in [1.29, 1.82) is 0 Å². The molecule has 2 aliphatic rings. The molecule has 0 atom stereocenters. The average molecular weight is 403 g/mol. The van der Waals surface area contributed by atoms with Crippen molar-refractivity contribution >= 4 is 23.1 Å². The number of aryl methyl sites for hydroxylation is 1. The van der Waals surface area contributed by atoms with E-state index in [4.69, 9.17) is 4.98 Å². The fourth-order valence-corrected chi connectivity index (χ4v) is 4.27. The van der Waals surface area contributed by atoms with E-state index < -0.39 is 5.41 Å². The lowest BCUT2D eigenvalue weighted by Crippen LogP contribution is -2.46. The number of hydrogen-bond acceptors (Lipinski definition) is 5. The maximum atomic E-state index is 13.2. The predicted octanol–water partition coefficient (Wildman–Crippen LogP) is 4.07. The van der Waals surface area contributed by atoms with E-state index >= 15 is 0 Å². The second-order valence-corrected chi connectivity index (χ2v) is 7.92. The van der Waals surface area contributed by atoms with Gasteiger partial charge in [0.15, 0.2) is 0 Å². The molecule has 1 amide bonds. The largest absolute Gasteiger partial charge is 0.325 e. The molecular formula is C23H22FN5O. The molecule has 6 nitrogen and oxygen atoms in total. The second-order valence-electron chi connectivity index (χ2n) is 7.92. The van der Waals surface area contributed by atoms with Crippen molar-refractivity contribution in [2.24, 2.45) is 0 Å². The van der Waals surface area contributed by atoms with E-state index in [0.29, 0.717) is 5.69 Å². The first-order chi connectivity index (χ1) is 14.5. The molecule has 30 heavy (non-hydrogen) atoms. The van der Waals surface area contributed by atoms with Crippen molar-refractivity contribution in [2.45, 2.75) is 38.0 Å². The second kappa shape index (κ2) is 7.16. The Morgan fingerprint density at radius 3 is 2.60 bits per heavy atom. The number of carbonyl (C=O) groups is 1. The first kappa shape index (κ1) is 18.7. The number of aromatic nitrogens is 3. The Hall–Kier alpha value is -3.35. The van der Waals surface area contributed by atoms with Gasteiger partial charge in [0, 0.05) is 24.8 Å². The minimum Gasteiger partial charge on any atom is -0.325 e. The number of nitrogens with one attached hydrogen (secondary N) is 1. The first-order valence-corrected chi connectivity index (χ1v) is 10.2. The average Bonchev–Trinajstić information content (AvgIpc) is 3.12. The van der Waals surface area contributed by atoms with E-state index in [0.717, 1.165) is 60.9 Å². The molecule has 5 rings (SSSR count). The van der Waals surface area contributed by atoms with Crippen LogP contribution >= 0.6 is 0 Å². The highest BCUT2D eigenvalue weighted by molar-refractivity contribution is 5.99. The van der Waals surface area contributed by atoms with Crippen LogP contribution in [0.5, 0.6) is 0 Å². The highest BCUT2D eigenvalue weighted by atomic mass is 19.1. The van der Waals surface area contributed by atoms with Crippen molar-refractivity contribution in [3.8, 4) is 0 Å². The molecular weight excluding hydrogens is 381 g/mol. The van der Waals surface area contributed by atoms with Gasteiger partial charge in [-0.05, 0) is 62.2 Å². The maximum absolute atomic E-state index is 13.2. The van der Waals surface area contributed by atoms with Gasteiger partial charge in [-0.1, -0.05) is 6.42 Å². The summed E-state index contributed by atoms with van der Waals surface area (Å²) in [5.74, 6) is 1.20. The molecule has 7 heteroatoms. The van der Waals surface area contributed by atoms with Crippen LogP contribution in [0.4, 0.5) is 21.6 Å². The third-order valence-corrected chi connectivity index (χ3v) is 6.09. The van der Waals surface area contributed by atoms with Crippen LogP contribution in [-0.4, -0.2) is 27.4 Å². The number of anilines is 3. The molecule has 0 radical (unpaired) electrons. The SMILES string of the molecule is Cc1nccc(N2CCc3nc(C4(C(=O)Nc5ccc(F)cc5)CCC4)ccc32)n1. The standard InChI is InChI=1S/C23H22FN5O/c1-15-25-13-9-21(26-15)29-14-10-18-19(29)7-8-20(28-18)23(11-2-12-23)22(30)27-17-5-3-16(24)4-6-17/h3-9,13H,2,10-12,14H2,1H3,(H,27,30). The number of fused-ring (bicyclic) bond motifs is 1. The van der Waals surface area contributed by atoms with Gasteiger partial charge in [-0.15, -0.1) is 0 Å². The van der Waals surface area contributed by atoms with E-state index in [-0.39, 0.29) is 11.7 Å². The molecule has 3 aromatic rings. The number of halogens is 1. The molecule has 0 saturated heterocycles. The van der Waals surface area contributed by atoms with Crippen LogP contribution in [0.1, 0.15) is 36.5 Å². The number of hydrogen-bond donors (Lipinski definition) is 1. The number of rotatable bonds is 4. The first-order valence-electron chi connectivity index (χ1n) is 10.2. The molecule has 152 valence electrons. The monoisotopic (exact) mass is 403 g/mol. The number of amides is 1. The summed E-state index contributed by atoms with van der Waals surface area (Å²) < 4.78 is 13.2. The normalized spacial score (nSPS) is 16.7. The summed E-state index contributed by atoms with van der Waals surface area (Å²) >= 11 is 0. The topological polar surface area (TPSA) is 71.0 Å². The van der Waals surface area contributed by atoms with E-state index in [2.05, 4.69) is 20.2 Å². The van der Waals surface area contributed by atoms with Crippen molar-refractivity contribution < 1.29 is 9.18 Å². The Morgan fingerprint density at radius 2 is 1.90 bits per heavy atom. The summed E-state index contributed by atoms with van der Waals surface area (Å²) in [5.41, 5.74) is 2.81. The van der Waals surface area contributed by atoms with Gasteiger partial charge in [-0.25, -0.2) is 14.4 Å².